The van der Waals surface area contributed by atoms with Gasteiger partial charge in [-0.25, -0.2) is 0 Å². The van der Waals surface area contributed by atoms with Gasteiger partial charge in [0.15, 0.2) is 0 Å². The minimum Gasteiger partial charge on any atom is -0.379 e. The molecule has 0 spiro atoms. The molecule has 0 N–H and O–H groups in total. The number of ether oxygens (including phenoxy) is 1. The minimum atomic E-state index is 0.0545. The molecule has 1 aromatic rings. The van der Waals surface area contributed by atoms with Crippen LogP contribution in [0, 0.1) is 0 Å². The molecule has 1 heterocycles. The van der Waals surface area contributed by atoms with Crippen molar-refractivity contribution >= 4 is 12.0 Å². The molecule has 1 fully saturated rings. The van der Waals surface area contributed by atoms with E-state index in [2.05, 4.69) is 9.69 Å². The molecule has 0 bridgehead atoms. The van der Waals surface area contributed by atoms with Gasteiger partial charge in [0.2, 0.25) is 6.29 Å². The summed E-state index contributed by atoms with van der Waals surface area (Å²) in [5.74, 6) is 0. The Morgan fingerprint density at radius 3 is 2.89 bits per heavy atom. The highest BCUT2D eigenvalue weighted by atomic mass is 16.5. The Kier molecular flexibility index (Phi) is 4.36. The van der Waals surface area contributed by atoms with Gasteiger partial charge in [0.1, 0.15) is 0 Å². The molecule has 94 valence electrons. The SMILES string of the molecule is [N-]=[N+]=C(C=O)c1cccc(CN2CCOCC2)c1. The van der Waals surface area contributed by atoms with E-state index in [1.807, 2.05) is 18.2 Å². The van der Waals surface area contributed by atoms with E-state index in [-0.39, 0.29) is 5.71 Å². The molecule has 18 heavy (non-hydrogen) atoms. The van der Waals surface area contributed by atoms with Crippen LogP contribution in [0.4, 0.5) is 0 Å². The number of nitrogens with zero attached hydrogens (tertiary/aromatic N) is 3. The lowest BCUT2D eigenvalue weighted by atomic mass is 10.1. The number of hydrogen-bond donors (Lipinski definition) is 0. The van der Waals surface area contributed by atoms with Crippen molar-refractivity contribution in [2.24, 2.45) is 0 Å². The van der Waals surface area contributed by atoms with E-state index in [1.54, 1.807) is 6.07 Å². The highest BCUT2D eigenvalue weighted by molar-refractivity contribution is 6.33. The van der Waals surface area contributed by atoms with Crippen LogP contribution in [0.3, 0.4) is 0 Å². The van der Waals surface area contributed by atoms with Crippen LogP contribution in [0.15, 0.2) is 24.3 Å². The molecule has 5 nitrogen and oxygen atoms in total. The Hall–Kier alpha value is -1.81. The summed E-state index contributed by atoms with van der Waals surface area (Å²) < 4.78 is 5.29. The predicted molar refractivity (Wildman–Crippen MR) is 66.3 cm³/mol. The van der Waals surface area contributed by atoms with Gasteiger partial charge in [0, 0.05) is 19.6 Å². The number of rotatable bonds is 4. The largest absolute Gasteiger partial charge is 0.379 e. The number of aldehydes is 1. The van der Waals surface area contributed by atoms with Gasteiger partial charge in [0.25, 0.3) is 0 Å². The van der Waals surface area contributed by atoms with Crippen LogP contribution in [-0.4, -0.2) is 48.0 Å². The summed E-state index contributed by atoms with van der Waals surface area (Å²) in [5.41, 5.74) is 10.5. The minimum absolute atomic E-state index is 0.0545. The average molecular weight is 245 g/mol. The fourth-order valence-electron chi connectivity index (χ4n) is 2.00. The van der Waals surface area contributed by atoms with Gasteiger partial charge < -0.3 is 10.3 Å². The lowest BCUT2D eigenvalue weighted by Gasteiger charge is -2.26. The lowest BCUT2D eigenvalue weighted by Crippen LogP contribution is -2.35. The van der Waals surface area contributed by atoms with Crippen molar-refractivity contribution in [3.8, 4) is 0 Å². The van der Waals surface area contributed by atoms with E-state index in [9.17, 15) is 4.79 Å². The number of carbonyl (C=O) groups excluding carboxylic acids is 1. The topological polar surface area (TPSA) is 65.9 Å². The second-order valence-electron chi connectivity index (χ2n) is 4.19. The zero-order chi connectivity index (χ0) is 12.8. The summed E-state index contributed by atoms with van der Waals surface area (Å²) in [6.45, 7) is 4.17. The predicted octanol–water partition coefficient (Wildman–Crippen LogP) is 0.737. The summed E-state index contributed by atoms with van der Waals surface area (Å²) >= 11 is 0. The van der Waals surface area contributed by atoms with Gasteiger partial charge >= 0.3 is 5.71 Å². The molecule has 1 aliphatic heterocycles. The molecule has 0 saturated carbocycles. The van der Waals surface area contributed by atoms with E-state index in [0.717, 1.165) is 38.4 Å². The first-order valence-electron chi connectivity index (χ1n) is 5.90. The molecule has 1 saturated heterocycles. The molecule has 0 atom stereocenters. The first-order chi connectivity index (χ1) is 8.83. The number of carbonyl (C=O) groups is 1. The molecule has 0 unspecified atom stereocenters. The number of hydrogen-bond acceptors (Lipinski definition) is 3. The molecular formula is C13H15N3O2. The Morgan fingerprint density at radius 2 is 2.22 bits per heavy atom. The first kappa shape index (κ1) is 12.6. The summed E-state index contributed by atoms with van der Waals surface area (Å²) in [4.78, 5) is 16.0. The van der Waals surface area contributed by atoms with Crippen LogP contribution >= 0.6 is 0 Å². The summed E-state index contributed by atoms with van der Waals surface area (Å²) in [6, 6.07) is 7.49. The quantitative estimate of drug-likeness (QED) is 0.340. The van der Waals surface area contributed by atoms with Crippen LogP contribution in [0.5, 0.6) is 0 Å². The van der Waals surface area contributed by atoms with Gasteiger partial charge in [-0.15, -0.1) is 0 Å². The van der Waals surface area contributed by atoms with Crippen molar-refractivity contribution in [3.63, 3.8) is 0 Å². The van der Waals surface area contributed by atoms with Crippen molar-refractivity contribution in [3.05, 3.63) is 40.9 Å². The average Bonchev–Trinajstić information content (AvgIpc) is 2.42. The third-order valence-electron chi connectivity index (χ3n) is 2.95. The van der Waals surface area contributed by atoms with Gasteiger partial charge in [-0.2, -0.15) is 4.79 Å². The van der Waals surface area contributed by atoms with Crippen molar-refractivity contribution in [2.75, 3.05) is 26.3 Å². The van der Waals surface area contributed by atoms with E-state index >= 15 is 0 Å². The van der Waals surface area contributed by atoms with Gasteiger partial charge in [-0.1, -0.05) is 12.1 Å². The maximum atomic E-state index is 10.7. The molecule has 0 amide bonds. The molecule has 1 aromatic carbocycles. The van der Waals surface area contributed by atoms with Crippen LogP contribution in [0.2, 0.25) is 0 Å². The van der Waals surface area contributed by atoms with Crippen LogP contribution in [-0.2, 0) is 16.1 Å². The number of morpholine rings is 1. The van der Waals surface area contributed by atoms with Gasteiger partial charge in [-0.3, -0.25) is 9.69 Å². The normalized spacial score (nSPS) is 16.0. The van der Waals surface area contributed by atoms with Crippen LogP contribution < -0.4 is 0 Å². The standard InChI is InChI=1S/C13H15N3O2/c14-15-13(10-17)12-3-1-2-11(8-12)9-16-4-6-18-7-5-16/h1-3,8,10H,4-7,9H2. The number of benzene rings is 1. The zero-order valence-electron chi connectivity index (χ0n) is 10.1. The first-order valence-corrected chi connectivity index (χ1v) is 5.90. The van der Waals surface area contributed by atoms with Crippen molar-refractivity contribution < 1.29 is 14.3 Å². The van der Waals surface area contributed by atoms with E-state index in [4.69, 9.17) is 10.3 Å². The Morgan fingerprint density at radius 1 is 1.44 bits per heavy atom. The van der Waals surface area contributed by atoms with Crippen LogP contribution in [0.1, 0.15) is 11.1 Å². The third kappa shape index (κ3) is 3.11. The molecule has 2 rings (SSSR count). The Balaban J connectivity index is 2.11. The molecule has 0 radical (unpaired) electrons. The molecular weight excluding hydrogens is 230 g/mol. The van der Waals surface area contributed by atoms with E-state index in [1.165, 1.54) is 0 Å². The third-order valence-corrected chi connectivity index (χ3v) is 2.95. The summed E-state index contributed by atoms with van der Waals surface area (Å²) in [6.07, 6.45) is 0.549. The van der Waals surface area contributed by atoms with Crippen molar-refractivity contribution in [1.29, 1.82) is 0 Å². The second-order valence-corrected chi connectivity index (χ2v) is 4.19. The van der Waals surface area contributed by atoms with Gasteiger partial charge in [0.05, 0.1) is 18.8 Å². The molecule has 0 aliphatic carbocycles. The maximum Gasteiger partial charge on any atom is 0.361 e. The lowest BCUT2D eigenvalue weighted by molar-refractivity contribution is -0.106. The Labute approximate surface area is 106 Å². The highest BCUT2D eigenvalue weighted by Crippen LogP contribution is 2.10. The zero-order valence-corrected chi connectivity index (χ0v) is 10.1. The Bertz CT molecular complexity index is 475. The second kappa shape index (κ2) is 6.21. The highest BCUT2D eigenvalue weighted by Gasteiger charge is 2.13. The maximum absolute atomic E-state index is 10.7. The fourth-order valence-corrected chi connectivity index (χ4v) is 2.00. The van der Waals surface area contributed by atoms with E-state index < -0.39 is 0 Å². The monoisotopic (exact) mass is 245 g/mol. The smallest absolute Gasteiger partial charge is 0.361 e. The fraction of sp³-hybridized carbons (Fsp3) is 0.385. The molecule has 0 aromatic heterocycles. The van der Waals surface area contributed by atoms with Crippen LogP contribution in [0.25, 0.3) is 5.53 Å². The summed E-state index contributed by atoms with van der Waals surface area (Å²) in [5, 5.41) is 0. The van der Waals surface area contributed by atoms with Crippen molar-refractivity contribution in [1.82, 2.24) is 4.90 Å². The molecule has 5 heteroatoms. The summed E-state index contributed by atoms with van der Waals surface area (Å²) in [7, 11) is 0. The van der Waals surface area contributed by atoms with Crippen molar-refractivity contribution in [2.45, 2.75) is 6.54 Å². The van der Waals surface area contributed by atoms with Gasteiger partial charge in [-0.05, 0) is 17.7 Å². The molecule has 1 aliphatic rings. The van der Waals surface area contributed by atoms with E-state index in [0.29, 0.717) is 11.8 Å².